The molecule has 0 bridgehead atoms. The number of hydrogen-bond acceptors (Lipinski definition) is 7. The summed E-state index contributed by atoms with van der Waals surface area (Å²) in [6.07, 6.45) is 4.69. The number of nitrogens with zero attached hydrogens (tertiary/aromatic N) is 6. The second kappa shape index (κ2) is 8.37. The quantitative estimate of drug-likeness (QED) is 0.472. The summed E-state index contributed by atoms with van der Waals surface area (Å²) in [5.74, 6) is 0.692. The fourth-order valence-electron chi connectivity index (χ4n) is 4.01. The summed E-state index contributed by atoms with van der Waals surface area (Å²) in [5.41, 5.74) is 1.31. The Hall–Kier alpha value is -3.82. The van der Waals surface area contributed by atoms with E-state index in [9.17, 15) is 9.18 Å². The lowest BCUT2D eigenvalue weighted by molar-refractivity contribution is 0.0599. The third-order valence-electron chi connectivity index (χ3n) is 5.53. The number of aromatic nitrogens is 5. The molecule has 9 nitrogen and oxygen atoms in total. The number of carbonyl (C=O) groups excluding carboxylic acids is 1. The van der Waals surface area contributed by atoms with Gasteiger partial charge in [-0.15, -0.1) is 15.3 Å². The van der Waals surface area contributed by atoms with Gasteiger partial charge in [0.1, 0.15) is 11.5 Å². The maximum atomic E-state index is 13.5. The highest BCUT2D eigenvalue weighted by molar-refractivity contribution is 5.98. The molecule has 1 fully saturated rings. The van der Waals surface area contributed by atoms with Gasteiger partial charge in [-0.2, -0.15) is 9.90 Å². The lowest BCUT2D eigenvalue weighted by Crippen LogP contribution is -2.45. The molecule has 1 unspecified atom stereocenters. The average Bonchev–Trinajstić information content (AvgIpc) is 3.55. The van der Waals surface area contributed by atoms with Crippen molar-refractivity contribution in [3.05, 3.63) is 60.1 Å². The Balaban J connectivity index is 1.40. The van der Waals surface area contributed by atoms with Crippen LogP contribution in [0.4, 0.5) is 4.39 Å². The molecule has 0 radical (unpaired) electrons. The molecule has 0 saturated carbocycles. The van der Waals surface area contributed by atoms with E-state index in [0.717, 1.165) is 19.3 Å². The van der Waals surface area contributed by atoms with Crippen molar-refractivity contribution in [2.45, 2.75) is 31.7 Å². The Labute approximate surface area is 182 Å². The number of hydrogen-bond donors (Lipinski definition) is 0. The monoisotopic (exact) mass is 436 g/mol. The number of rotatable bonds is 5. The van der Waals surface area contributed by atoms with E-state index in [1.165, 1.54) is 16.9 Å². The van der Waals surface area contributed by atoms with Crippen molar-refractivity contribution < 1.29 is 18.0 Å². The molecule has 0 N–H and O–H groups in total. The lowest BCUT2D eigenvalue weighted by Gasteiger charge is -2.34. The van der Waals surface area contributed by atoms with Gasteiger partial charge < -0.3 is 13.7 Å². The van der Waals surface area contributed by atoms with Crippen molar-refractivity contribution in [1.82, 2.24) is 30.1 Å². The van der Waals surface area contributed by atoms with Crippen molar-refractivity contribution in [2.24, 2.45) is 7.05 Å². The van der Waals surface area contributed by atoms with E-state index in [1.807, 2.05) is 0 Å². The number of furan rings is 1. The SMILES string of the molecule is Cn1nc(C(=O)N2CCCCC2Cc2nnc(-c3ccco3)o2)c(-c2ccc(F)cc2)n1. The number of piperidine rings is 1. The van der Waals surface area contributed by atoms with Crippen LogP contribution < -0.4 is 0 Å². The summed E-state index contributed by atoms with van der Waals surface area (Å²) in [7, 11) is 1.66. The van der Waals surface area contributed by atoms with E-state index >= 15 is 0 Å². The maximum absolute atomic E-state index is 13.5. The minimum absolute atomic E-state index is 0.107. The summed E-state index contributed by atoms with van der Waals surface area (Å²) in [6.45, 7) is 0.599. The third-order valence-corrected chi connectivity index (χ3v) is 5.53. The molecule has 32 heavy (non-hydrogen) atoms. The molecule has 1 amide bonds. The van der Waals surface area contributed by atoms with Gasteiger partial charge in [-0.3, -0.25) is 4.79 Å². The average molecular weight is 436 g/mol. The zero-order chi connectivity index (χ0) is 22.1. The summed E-state index contributed by atoms with van der Waals surface area (Å²) in [5, 5.41) is 16.8. The van der Waals surface area contributed by atoms with Crippen LogP contribution in [0.2, 0.25) is 0 Å². The van der Waals surface area contributed by atoms with Gasteiger partial charge in [0, 0.05) is 31.6 Å². The van der Waals surface area contributed by atoms with Crippen LogP contribution in [0.3, 0.4) is 0 Å². The molecule has 1 aromatic carbocycles. The van der Waals surface area contributed by atoms with E-state index < -0.39 is 0 Å². The fraction of sp³-hybridized carbons (Fsp3) is 0.318. The van der Waals surface area contributed by atoms with Gasteiger partial charge in [0.05, 0.1) is 6.26 Å². The molecule has 4 aromatic rings. The van der Waals surface area contributed by atoms with Crippen LogP contribution in [0.5, 0.6) is 0 Å². The first-order chi connectivity index (χ1) is 15.6. The summed E-state index contributed by atoms with van der Waals surface area (Å²) in [4.78, 5) is 16.7. The Morgan fingerprint density at radius 3 is 2.78 bits per heavy atom. The Morgan fingerprint density at radius 2 is 2.00 bits per heavy atom. The highest BCUT2D eigenvalue weighted by Crippen LogP contribution is 2.27. The first-order valence-corrected chi connectivity index (χ1v) is 10.4. The molecule has 164 valence electrons. The number of carbonyl (C=O) groups is 1. The van der Waals surface area contributed by atoms with Crippen LogP contribution in [0.15, 0.2) is 51.5 Å². The topological polar surface area (TPSA) is 103 Å². The van der Waals surface area contributed by atoms with E-state index in [4.69, 9.17) is 8.83 Å². The van der Waals surface area contributed by atoms with Crippen LogP contribution in [-0.4, -0.2) is 48.6 Å². The normalized spacial score (nSPS) is 16.4. The third kappa shape index (κ3) is 3.91. The van der Waals surface area contributed by atoms with Gasteiger partial charge in [0.15, 0.2) is 11.5 Å². The van der Waals surface area contributed by atoms with Crippen LogP contribution in [-0.2, 0) is 13.5 Å². The molecule has 5 rings (SSSR count). The maximum Gasteiger partial charge on any atom is 0.283 e. The Bertz CT molecular complexity index is 1220. The molecule has 1 aliphatic rings. The molecule has 1 saturated heterocycles. The number of benzene rings is 1. The smallest absolute Gasteiger partial charge is 0.283 e. The number of aryl methyl sites for hydroxylation is 1. The number of halogens is 1. The zero-order valence-corrected chi connectivity index (χ0v) is 17.4. The molecular formula is C22H21FN6O3. The second-order valence-electron chi connectivity index (χ2n) is 7.72. The molecular weight excluding hydrogens is 415 g/mol. The zero-order valence-electron chi connectivity index (χ0n) is 17.4. The van der Waals surface area contributed by atoms with Crippen LogP contribution in [0.25, 0.3) is 22.9 Å². The molecule has 4 heterocycles. The van der Waals surface area contributed by atoms with Gasteiger partial charge in [-0.1, -0.05) is 0 Å². The van der Waals surface area contributed by atoms with Crippen molar-refractivity contribution in [1.29, 1.82) is 0 Å². The summed E-state index contributed by atoms with van der Waals surface area (Å²) in [6, 6.07) is 9.27. The summed E-state index contributed by atoms with van der Waals surface area (Å²) < 4.78 is 24.4. The van der Waals surface area contributed by atoms with E-state index in [2.05, 4.69) is 20.4 Å². The fourth-order valence-corrected chi connectivity index (χ4v) is 4.01. The molecule has 0 aliphatic carbocycles. The predicted molar refractivity (Wildman–Crippen MR) is 111 cm³/mol. The van der Waals surface area contributed by atoms with E-state index in [-0.39, 0.29) is 23.5 Å². The molecule has 1 atom stereocenters. The standard InChI is InChI=1S/C22H21FN6O3/c1-28-26-19(14-7-9-15(23)10-8-14)20(27-28)22(30)29-11-3-2-5-16(29)13-18-24-25-21(32-18)17-6-4-12-31-17/h4,6-10,12,16H,2-3,5,11,13H2,1H3. The van der Waals surface area contributed by atoms with E-state index in [1.54, 1.807) is 42.5 Å². The lowest BCUT2D eigenvalue weighted by atomic mass is 9.98. The molecule has 1 aliphatic heterocycles. The highest BCUT2D eigenvalue weighted by Gasteiger charge is 2.32. The first-order valence-electron chi connectivity index (χ1n) is 10.4. The first kappa shape index (κ1) is 20.1. The van der Waals surface area contributed by atoms with Crippen LogP contribution in [0.1, 0.15) is 35.6 Å². The van der Waals surface area contributed by atoms with Crippen molar-refractivity contribution in [2.75, 3.05) is 6.54 Å². The minimum Gasteiger partial charge on any atom is -0.459 e. The van der Waals surface area contributed by atoms with Crippen LogP contribution >= 0.6 is 0 Å². The van der Waals surface area contributed by atoms with Gasteiger partial charge in [0.2, 0.25) is 5.89 Å². The van der Waals surface area contributed by atoms with Crippen molar-refractivity contribution >= 4 is 5.91 Å². The Morgan fingerprint density at radius 1 is 1.16 bits per heavy atom. The summed E-state index contributed by atoms with van der Waals surface area (Å²) >= 11 is 0. The second-order valence-corrected chi connectivity index (χ2v) is 7.72. The van der Waals surface area contributed by atoms with Crippen LogP contribution in [0, 0.1) is 5.82 Å². The Kier molecular flexibility index (Phi) is 5.26. The number of amides is 1. The number of likely N-dealkylation sites (tertiary alicyclic amines) is 1. The predicted octanol–water partition coefficient (Wildman–Crippen LogP) is 3.50. The largest absolute Gasteiger partial charge is 0.459 e. The van der Waals surface area contributed by atoms with Gasteiger partial charge in [-0.25, -0.2) is 4.39 Å². The van der Waals surface area contributed by atoms with E-state index in [0.29, 0.717) is 41.8 Å². The highest BCUT2D eigenvalue weighted by atomic mass is 19.1. The molecule has 0 spiro atoms. The van der Waals surface area contributed by atoms with Gasteiger partial charge >= 0.3 is 0 Å². The molecule has 3 aromatic heterocycles. The van der Waals surface area contributed by atoms with Gasteiger partial charge in [-0.05, 0) is 55.7 Å². The van der Waals surface area contributed by atoms with Crippen molar-refractivity contribution in [3.63, 3.8) is 0 Å². The van der Waals surface area contributed by atoms with Crippen molar-refractivity contribution in [3.8, 4) is 22.9 Å². The van der Waals surface area contributed by atoms with Gasteiger partial charge in [0.25, 0.3) is 11.8 Å². The molecule has 10 heteroatoms. The minimum atomic E-state index is -0.352.